The number of rotatable bonds is 12. The third kappa shape index (κ3) is 7.64. The van der Waals surface area contributed by atoms with Gasteiger partial charge in [0.15, 0.2) is 0 Å². The van der Waals surface area contributed by atoms with E-state index in [1.165, 1.54) is 11.8 Å². The van der Waals surface area contributed by atoms with E-state index in [0.717, 1.165) is 5.69 Å². The highest BCUT2D eigenvalue weighted by atomic mass is 32.2. The molecule has 0 aliphatic carbocycles. The number of benzene rings is 1. The molecule has 3 rings (SSSR count). The summed E-state index contributed by atoms with van der Waals surface area (Å²) in [6, 6.07) is 9.50. The van der Waals surface area contributed by atoms with Gasteiger partial charge in [0.2, 0.25) is 17.7 Å². The highest BCUT2D eigenvalue weighted by Gasteiger charge is 2.41. The second-order valence-corrected chi connectivity index (χ2v) is 11.3. The van der Waals surface area contributed by atoms with Gasteiger partial charge < -0.3 is 25.6 Å². The van der Waals surface area contributed by atoms with Gasteiger partial charge in [-0.05, 0) is 45.4 Å². The van der Waals surface area contributed by atoms with Crippen LogP contribution in [0.4, 0.5) is 11.4 Å². The van der Waals surface area contributed by atoms with Crippen molar-refractivity contribution in [3.05, 3.63) is 24.3 Å². The number of anilines is 2. The topological polar surface area (TPSA) is 127 Å². The quantitative estimate of drug-likeness (QED) is 0.344. The third-order valence-electron chi connectivity index (χ3n) is 6.62. The minimum atomic E-state index is -0.874. The maximum atomic E-state index is 13.0. The van der Waals surface area contributed by atoms with Crippen molar-refractivity contribution in [3.8, 4) is 18.4 Å². The van der Waals surface area contributed by atoms with Crippen LogP contribution in [-0.2, 0) is 19.1 Å². The summed E-state index contributed by atoms with van der Waals surface area (Å²) in [4.78, 5) is 41.5. The molecule has 3 amide bonds. The SMILES string of the molecule is C#CCNC(=O)C(C#N)CC1SC(CCNc2cccc(NC(=O)CN3COCC3(C)C)c2)C(=O)N1CC. The van der Waals surface area contributed by atoms with Gasteiger partial charge in [0.25, 0.3) is 0 Å². The van der Waals surface area contributed by atoms with Gasteiger partial charge in [0, 0.05) is 36.4 Å². The van der Waals surface area contributed by atoms with Gasteiger partial charge in [0.1, 0.15) is 12.6 Å². The Labute approximate surface area is 228 Å². The lowest BCUT2D eigenvalue weighted by Crippen LogP contribution is -2.44. The minimum Gasteiger partial charge on any atom is -0.385 e. The number of amides is 3. The average Bonchev–Trinajstić information content (AvgIpc) is 3.37. The molecule has 0 radical (unpaired) electrons. The van der Waals surface area contributed by atoms with Crippen LogP contribution in [0.3, 0.4) is 0 Å². The predicted molar refractivity (Wildman–Crippen MR) is 148 cm³/mol. The van der Waals surface area contributed by atoms with E-state index in [0.29, 0.717) is 38.5 Å². The second-order valence-electron chi connectivity index (χ2n) is 9.88. The van der Waals surface area contributed by atoms with E-state index in [4.69, 9.17) is 11.2 Å². The van der Waals surface area contributed by atoms with Crippen molar-refractivity contribution in [2.45, 2.75) is 49.8 Å². The van der Waals surface area contributed by atoms with Crippen molar-refractivity contribution in [1.82, 2.24) is 15.1 Å². The van der Waals surface area contributed by atoms with E-state index in [1.807, 2.05) is 56.0 Å². The van der Waals surface area contributed by atoms with Crippen LogP contribution in [0.25, 0.3) is 0 Å². The summed E-state index contributed by atoms with van der Waals surface area (Å²) in [6.07, 6.45) is 6.02. The summed E-state index contributed by atoms with van der Waals surface area (Å²) in [5, 5.41) is 17.8. The molecule has 3 atom stereocenters. The Morgan fingerprint density at radius 1 is 1.34 bits per heavy atom. The van der Waals surface area contributed by atoms with Crippen LogP contribution in [0.1, 0.15) is 33.6 Å². The molecular weight excluding hydrogens is 504 g/mol. The molecule has 3 unspecified atom stereocenters. The predicted octanol–water partition coefficient (Wildman–Crippen LogP) is 2.06. The zero-order valence-corrected chi connectivity index (χ0v) is 23.0. The van der Waals surface area contributed by atoms with Crippen molar-refractivity contribution in [1.29, 1.82) is 5.26 Å². The number of ether oxygens (including phenoxy) is 1. The summed E-state index contributed by atoms with van der Waals surface area (Å²) in [6.45, 7) is 8.39. The van der Waals surface area contributed by atoms with Crippen LogP contribution < -0.4 is 16.0 Å². The Morgan fingerprint density at radius 2 is 2.11 bits per heavy atom. The molecule has 0 aromatic heterocycles. The molecule has 1 aromatic carbocycles. The highest BCUT2D eigenvalue weighted by molar-refractivity contribution is 8.01. The number of hydrogen-bond acceptors (Lipinski definition) is 8. The van der Waals surface area contributed by atoms with Crippen molar-refractivity contribution in [2.24, 2.45) is 5.92 Å². The summed E-state index contributed by atoms with van der Waals surface area (Å²) in [5.41, 5.74) is 1.35. The minimum absolute atomic E-state index is 0.0138. The first-order chi connectivity index (χ1) is 18.2. The number of nitriles is 1. The zero-order valence-electron chi connectivity index (χ0n) is 22.2. The first-order valence-electron chi connectivity index (χ1n) is 12.7. The number of carbonyl (C=O) groups excluding carboxylic acids is 3. The first kappa shape index (κ1) is 29.3. The van der Waals surface area contributed by atoms with E-state index < -0.39 is 11.8 Å². The molecule has 0 bridgehead atoms. The molecule has 11 heteroatoms. The molecule has 1 aromatic rings. The Morgan fingerprint density at radius 3 is 2.76 bits per heavy atom. The van der Waals surface area contributed by atoms with E-state index in [-0.39, 0.29) is 47.5 Å². The van der Waals surface area contributed by atoms with Crippen LogP contribution in [0.15, 0.2) is 24.3 Å². The largest absolute Gasteiger partial charge is 0.385 e. The van der Waals surface area contributed by atoms with Gasteiger partial charge in [-0.3, -0.25) is 19.3 Å². The first-order valence-corrected chi connectivity index (χ1v) is 13.7. The molecule has 204 valence electrons. The number of carbonyl (C=O) groups is 3. The molecule has 10 nitrogen and oxygen atoms in total. The third-order valence-corrected chi connectivity index (χ3v) is 8.14. The average molecular weight is 541 g/mol. The Hall–Kier alpha value is -3.25. The van der Waals surface area contributed by atoms with Crippen LogP contribution in [0, 0.1) is 29.6 Å². The fraction of sp³-hybridized carbons (Fsp3) is 0.556. The van der Waals surface area contributed by atoms with Crippen molar-refractivity contribution >= 4 is 40.9 Å². The van der Waals surface area contributed by atoms with E-state index in [1.54, 1.807) is 4.90 Å². The Bertz CT molecular complexity index is 1100. The van der Waals surface area contributed by atoms with Gasteiger partial charge in [0.05, 0.1) is 36.4 Å². The fourth-order valence-corrected chi connectivity index (χ4v) is 6.01. The zero-order chi connectivity index (χ0) is 27.7. The summed E-state index contributed by atoms with van der Waals surface area (Å²) in [5.74, 6) is 0.946. The van der Waals surface area contributed by atoms with E-state index in [2.05, 4.69) is 21.9 Å². The number of nitrogens with one attached hydrogen (secondary N) is 3. The maximum Gasteiger partial charge on any atom is 0.238 e. The van der Waals surface area contributed by atoms with Crippen LogP contribution in [0.2, 0.25) is 0 Å². The molecule has 2 saturated heterocycles. The summed E-state index contributed by atoms with van der Waals surface area (Å²) in [7, 11) is 0. The lowest BCUT2D eigenvalue weighted by atomic mass is 10.1. The standard InChI is InChI=1S/C27H36N6O4S/c1-5-11-30-25(35)19(15-28)13-24-33(6-2)26(36)22(38-24)10-12-29-20-8-7-9-21(14-20)31-23(34)16-32-18-37-17-27(32,3)4/h1,7-9,14,19,22,24,29H,6,10-13,16-18H2,2-4H3,(H,30,35)(H,31,34). The van der Waals surface area contributed by atoms with E-state index in [9.17, 15) is 19.6 Å². The Balaban J connectivity index is 1.50. The molecule has 38 heavy (non-hydrogen) atoms. The van der Waals surface area contributed by atoms with Crippen molar-refractivity contribution < 1.29 is 19.1 Å². The normalized spacial score (nSPS) is 21.4. The van der Waals surface area contributed by atoms with Gasteiger partial charge in [-0.15, -0.1) is 18.2 Å². The molecule has 2 aliphatic heterocycles. The molecule has 0 saturated carbocycles. The molecule has 2 fully saturated rings. The number of terminal acetylenes is 1. The number of hydrogen-bond donors (Lipinski definition) is 3. The highest BCUT2D eigenvalue weighted by Crippen LogP contribution is 2.37. The van der Waals surface area contributed by atoms with Gasteiger partial charge in [-0.1, -0.05) is 12.0 Å². The van der Waals surface area contributed by atoms with Gasteiger partial charge in [-0.2, -0.15) is 5.26 Å². The van der Waals surface area contributed by atoms with Crippen molar-refractivity contribution in [2.75, 3.05) is 50.2 Å². The van der Waals surface area contributed by atoms with E-state index >= 15 is 0 Å². The number of thioether (sulfide) groups is 1. The monoisotopic (exact) mass is 540 g/mol. The Kier molecular flexibility index (Phi) is 10.4. The summed E-state index contributed by atoms with van der Waals surface area (Å²) < 4.78 is 5.47. The number of nitrogens with zero attached hydrogens (tertiary/aromatic N) is 3. The molecule has 2 heterocycles. The molecular formula is C27H36N6O4S. The lowest BCUT2D eigenvalue weighted by Gasteiger charge is -2.28. The molecule has 3 N–H and O–H groups in total. The van der Waals surface area contributed by atoms with Gasteiger partial charge in [-0.25, -0.2) is 0 Å². The smallest absolute Gasteiger partial charge is 0.238 e. The summed E-state index contributed by atoms with van der Waals surface area (Å²) >= 11 is 1.49. The maximum absolute atomic E-state index is 13.0. The molecule has 0 spiro atoms. The lowest BCUT2D eigenvalue weighted by molar-refractivity contribution is -0.131. The van der Waals surface area contributed by atoms with Gasteiger partial charge >= 0.3 is 0 Å². The van der Waals surface area contributed by atoms with Crippen LogP contribution in [-0.4, -0.2) is 83.2 Å². The van der Waals surface area contributed by atoms with Crippen molar-refractivity contribution in [3.63, 3.8) is 0 Å². The van der Waals surface area contributed by atoms with Crippen LogP contribution in [0.5, 0.6) is 0 Å². The second kappa shape index (κ2) is 13.5. The van der Waals surface area contributed by atoms with Crippen LogP contribution >= 0.6 is 11.8 Å². The fourth-order valence-electron chi connectivity index (χ4n) is 4.42. The molecule has 2 aliphatic rings.